The van der Waals surface area contributed by atoms with Gasteiger partial charge < -0.3 is 15.3 Å². The summed E-state index contributed by atoms with van der Waals surface area (Å²) < 4.78 is 0. The Balaban J connectivity index is 1.86. The van der Waals surface area contributed by atoms with Crippen LogP contribution in [0.15, 0.2) is 60.3 Å². The summed E-state index contributed by atoms with van der Waals surface area (Å²) >= 11 is 0. The third-order valence-electron chi connectivity index (χ3n) is 4.36. The molecule has 2 aromatic rings. The van der Waals surface area contributed by atoms with Crippen LogP contribution < -0.4 is 5.32 Å². The van der Waals surface area contributed by atoms with E-state index in [9.17, 15) is 14.7 Å². The van der Waals surface area contributed by atoms with Crippen molar-refractivity contribution in [2.75, 3.05) is 13.1 Å². The van der Waals surface area contributed by atoms with E-state index in [0.29, 0.717) is 18.7 Å². The zero-order valence-corrected chi connectivity index (χ0v) is 14.5. The molecule has 0 bridgehead atoms. The average Bonchev–Trinajstić information content (AvgIpc) is 2.70. The highest BCUT2D eigenvalue weighted by Crippen LogP contribution is 2.16. The van der Waals surface area contributed by atoms with Crippen LogP contribution in [0.4, 0.5) is 0 Å². The van der Waals surface area contributed by atoms with Crippen LogP contribution in [0.2, 0.25) is 0 Å². The molecule has 0 atom stereocenters. The summed E-state index contributed by atoms with van der Waals surface area (Å²) in [5.74, 6) is -0.345. The van der Waals surface area contributed by atoms with Crippen LogP contribution in [-0.2, 0) is 4.79 Å². The van der Waals surface area contributed by atoms with Crippen LogP contribution in [0.25, 0.3) is 6.08 Å². The number of phenols is 1. The van der Waals surface area contributed by atoms with Gasteiger partial charge in [0.25, 0.3) is 11.8 Å². The number of carbonyl (C=O) groups is 2. The molecular formula is C21H22N2O3. The maximum Gasteiger partial charge on any atom is 0.270 e. The van der Waals surface area contributed by atoms with Crippen LogP contribution >= 0.6 is 0 Å². The Labute approximate surface area is 153 Å². The standard InChI is InChI=1S/C21H22N2O3/c24-18-11-9-16(10-12-18)15-19(21(26)23-13-5-2-6-14-23)22-20(25)17-7-3-1-4-8-17/h1,3-4,7-12,15,24H,2,5-6,13-14H2,(H,22,25)/b19-15+. The summed E-state index contributed by atoms with van der Waals surface area (Å²) in [4.78, 5) is 27.2. The number of benzene rings is 2. The number of aromatic hydroxyl groups is 1. The second kappa shape index (κ2) is 8.34. The maximum atomic E-state index is 12.9. The van der Waals surface area contributed by atoms with E-state index in [-0.39, 0.29) is 23.3 Å². The van der Waals surface area contributed by atoms with Crippen LogP contribution in [0.5, 0.6) is 5.75 Å². The number of carbonyl (C=O) groups excluding carboxylic acids is 2. The Morgan fingerprint density at radius 3 is 2.23 bits per heavy atom. The van der Waals surface area contributed by atoms with Crippen molar-refractivity contribution in [2.24, 2.45) is 0 Å². The number of nitrogens with one attached hydrogen (secondary N) is 1. The van der Waals surface area contributed by atoms with E-state index in [1.807, 2.05) is 6.07 Å². The zero-order chi connectivity index (χ0) is 18.4. The minimum Gasteiger partial charge on any atom is -0.508 e. The topological polar surface area (TPSA) is 69.6 Å². The number of likely N-dealkylation sites (tertiary alicyclic amines) is 1. The largest absolute Gasteiger partial charge is 0.508 e. The van der Waals surface area contributed by atoms with Gasteiger partial charge in [0, 0.05) is 18.7 Å². The zero-order valence-electron chi connectivity index (χ0n) is 14.5. The Hall–Kier alpha value is -3.08. The third-order valence-corrected chi connectivity index (χ3v) is 4.36. The summed E-state index contributed by atoms with van der Waals surface area (Å²) in [6, 6.07) is 15.3. The van der Waals surface area contributed by atoms with Crippen LogP contribution in [0.1, 0.15) is 35.2 Å². The van der Waals surface area contributed by atoms with Crippen molar-refractivity contribution in [2.45, 2.75) is 19.3 Å². The molecule has 134 valence electrons. The van der Waals surface area contributed by atoms with Gasteiger partial charge in [0.15, 0.2) is 0 Å². The van der Waals surface area contributed by atoms with Gasteiger partial charge in [-0.1, -0.05) is 30.3 Å². The van der Waals surface area contributed by atoms with Gasteiger partial charge >= 0.3 is 0 Å². The molecular weight excluding hydrogens is 328 g/mol. The fourth-order valence-electron chi connectivity index (χ4n) is 2.94. The Kier molecular flexibility index (Phi) is 5.69. The summed E-state index contributed by atoms with van der Waals surface area (Å²) in [5.41, 5.74) is 1.47. The monoisotopic (exact) mass is 350 g/mol. The first-order chi connectivity index (χ1) is 12.6. The lowest BCUT2D eigenvalue weighted by molar-refractivity contribution is -0.128. The molecule has 1 saturated heterocycles. The fourth-order valence-corrected chi connectivity index (χ4v) is 2.94. The van der Waals surface area contributed by atoms with E-state index in [1.165, 1.54) is 0 Å². The lowest BCUT2D eigenvalue weighted by Gasteiger charge is -2.27. The molecule has 0 aromatic heterocycles. The van der Waals surface area contributed by atoms with Gasteiger partial charge in [-0.05, 0) is 55.2 Å². The molecule has 1 aliphatic rings. The van der Waals surface area contributed by atoms with Crippen molar-refractivity contribution >= 4 is 17.9 Å². The van der Waals surface area contributed by atoms with E-state index in [4.69, 9.17) is 0 Å². The Morgan fingerprint density at radius 1 is 0.923 bits per heavy atom. The van der Waals surface area contributed by atoms with Gasteiger partial charge in [0.1, 0.15) is 11.4 Å². The Bertz CT molecular complexity index is 792. The van der Waals surface area contributed by atoms with Crippen LogP contribution in [-0.4, -0.2) is 34.9 Å². The molecule has 0 radical (unpaired) electrons. The van der Waals surface area contributed by atoms with E-state index in [2.05, 4.69) is 5.32 Å². The van der Waals surface area contributed by atoms with E-state index in [1.54, 1.807) is 59.5 Å². The number of hydrogen-bond acceptors (Lipinski definition) is 3. The fraction of sp³-hybridized carbons (Fsp3) is 0.238. The van der Waals surface area contributed by atoms with Crippen molar-refractivity contribution in [3.05, 3.63) is 71.4 Å². The number of phenolic OH excluding ortho intramolecular Hbond substituents is 1. The molecule has 2 N–H and O–H groups in total. The molecule has 2 amide bonds. The highest BCUT2D eigenvalue weighted by Gasteiger charge is 2.22. The van der Waals surface area contributed by atoms with Crippen molar-refractivity contribution in [3.8, 4) is 5.75 Å². The quantitative estimate of drug-likeness (QED) is 0.832. The van der Waals surface area contributed by atoms with E-state index >= 15 is 0 Å². The van der Waals surface area contributed by atoms with Gasteiger partial charge in [-0.25, -0.2) is 0 Å². The predicted octanol–water partition coefficient (Wildman–Crippen LogP) is 3.18. The van der Waals surface area contributed by atoms with Gasteiger partial charge in [-0.15, -0.1) is 0 Å². The molecule has 3 rings (SSSR count). The highest BCUT2D eigenvalue weighted by molar-refractivity contribution is 6.05. The lowest BCUT2D eigenvalue weighted by atomic mass is 10.1. The third kappa shape index (κ3) is 4.51. The molecule has 2 aromatic carbocycles. The van der Waals surface area contributed by atoms with Crippen molar-refractivity contribution < 1.29 is 14.7 Å². The summed E-state index contributed by atoms with van der Waals surface area (Å²) in [6.07, 6.45) is 4.73. The molecule has 0 spiro atoms. The summed E-state index contributed by atoms with van der Waals surface area (Å²) in [5, 5.41) is 12.2. The number of hydrogen-bond donors (Lipinski definition) is 2. The van der Waals surface area contributed by atoms with E-state index in [0.717, 1.165) is 24.8 Å². The minimum absolute atomic E-state index is 0.152. The average molecular weight is 350 g/mol. The number of rotatable bonds is 4. The smallest absolute Gasteiger partial charge is 0.270 e. The second-order valence-corrected chi connectivity index (χ2v) is 6.32. The molecule has 0 unspecified atom stereocenters. The van der Waals surface area contributed by atoms with Gasteiger partial charge in [-0.3, -0.25) is 9.59 Å². The highest BCUT2D eigenvalue weighted by atomic mass is 16.3. The lowest BCUT2D eigenvalue weighted by Crippen LogP contribution is -2.41. The van der Waals surface area contributed by atoms with Crippen molar-refractivity contribution in [1.82, 2.24) is 10.2 Å². The molecule has 5 nitrogen and oxygen atoms in total. The molecule has 1 heterocycles. The number of piperidine rings is 1. The number of amides is 2. The van der Waals surface area contributed by atoms with Crippen LogP contribution in [0.3, 0.4) is 0 Å². The molecule has 0 saturated carbocycles. The Morgan fingerprint density at radius 2 is 1.58 bits per heavy atom. The first-order valence-corrected chi connectivity index (χ1v) is 8.80. The molecule has 5 heteroatoms. The molecule has 1 aliphatic heterocycles. The van der Waals surface area contributed by atoms with Crippen molar-refractivity contribution in [1.29, 1.82) is 0 Å². The molecule has 26 heavy (non-hydrogen) atoms. The summed E-state index contributed by atoms with van der Waals surface area (Å²) in [7, 11) is 0. The second-order valence-electron chi connectivity index (χ2n) is 6.32. The van der Waals surface area contributed by atoms with Crippen molar-refractivity contribution in [3.63, 3.8) is 0 Å². The predicted molar refractivity (Wildman–Crippen MR) is 100 cm³/mol. The van der Waals surface area contributed by atoms with Gasteiger partial charge in [-0.2, -0.15) is 0 Å². The SMILES string of the molecule is O=C(N/C(=C/c1ccc(O)cc1)C(=O)N1CCCCC1)c1ccccc1. The molecule has 0 aliphatic carbocycles. The summed E-state index contributed by atoms with van der Waals surface area (Å²) in [6.45, 7) is 1.40. The van der Waals surface area contributed by atoms with Crippen LogP contribution in [0, 0.1) is 0 Å². The normalized spacial score (nSPS) is 14.8. The van der Waals surface area contributed by atoms with E-state index < -0.39 is 0 Å². The first-order valence-electron chi connectivity index (χ1n) is 8.80. The number of nitrogens with zero attached hydrogens (tertiary/aromatic N) is 1. The minimum atomic E-state index is -0.319. The maximum absolute atomic E-state index is 12.9. The molecule has 1 fully saturated rings. The van der Waals surface area contributed by atoms with Gasteiger partial charge in [0.2, 0.25) is 0 Å². The van der Waals surface area contributed by atoms with Gasteiger partial charge in [0.05, 0.1) is 0 Å². The first kappa shape index (κ1) is 17.7.